The predicted molar refractivity (Wildman–Crippen MR) is 111 cm³/mol. The van der Waals surface area contributed by atoms with Gasteiger partial charge in [0, 0.05) is 6.20 Å². The van der Waals surface area contributed by atoms with Crippen LogP contribution >= 0.6 is 0 Å². The number of rotatable bonds is 7. The largest absolute Gasteiger partial charge is 0.471 e. The lowest BCUT2D eigenvalue weighted by Crippen LogP contribution is -2.45. The number of aromatic nitrogens is 1. The number of benzene rings is 1. The van der Waals surface area contributed by atoms with Gasteiger partial charge in [-0.3, -0.25) is 9.78 Å². The second-order valence-corrected chi connectivity index (χ2v) is 8.05. The molecule has 0 unspecified atom stereocenters. The van der Waals surface area contributed by atoms with E-state index in [1.165, 1.54) is 6.20 Å². The van der Waals surface area contributed by atoms with Crippen molar-refractivity contribution in [2.24, 2.45) is 4.99 Å². The molecule has 2 aliphatic rings. The van der Waals surface area contributed by atoms with Crippen LogP contribution in [0, 0.1) is 0 Å². The van der Waals surface area contributed by atoms with E-state index < -0.39 is 24.7 Å². The van der Waals surface area contributed by atoms with Crippen molar-refractivity contribution >= 4 is 11.8 Å². The quantitative estimate of drug-likeness (QED) is 0.707. The lowest BCUT2D eigenvalue weighted by molar-refractivity contribution is -0.123. The van der Waals surface area contributed by atoms with E-state index in [9.17, 15) is 18.7 Å². The van der Waals surface area contributed by atoms with Gasteiger partial charge in [0.25, 0.3) is 6.43 Å². The summed E-state index contributed by atoms with van der Waals surface area (Å²) in [6.45, 7) is -0.413. The molecule has 31 heavy (non-hydrogen) atoms. The summed E-state index contributed by atoms with van der Waals surface area (Å²) in [4.78, 5) is 21.3. The van der Waals surface area contributed by atoms with Gasteiger partial charge in [0.1, 0.15) is 0 Å². The number of amides is 1. The average Bonchev–Trinajstić information content (AvgIpc) is 3.37. The van der Waals surface area contributed by atoms with Crippen LogP contribution in [0.4, 0.5) is 8.78 Å². The zero-order chi connectivity index (χ0) is 21.8. The van der Waals surface area contributed by atoms with Crippen LogP contribution in [0.5, 0.6) is 0 Å². The Labute approximate surface area is 179 Å². The summed E-state index contributed by atoms with van der Waals surface area (Å²) in [5.41, 5.74) is 1.82. The highest BCUT2D eigenvalue weighted by atomic mass is 19.3. The summed E-state index contributed by atoms with van der Waals surface area (Å²) in [6, 6.07) is 10.8. The summed E-state index contributed by atoms with van der Waals surface area (Å²) >= 11 is 0. The van der Waals surface area contributed by atoms with E-state index >= 15 is 0 Å². The standard InChI is InChI=1S/C23H25F2N3O3/c24-19(25)14-31-22-18-13-26-17(10-16(18)12-27-22)11-20(29)28-21(15-6-2-1-3-7-15)23(30)8-4-5-9-23/h1-3,6-7,10,13,19,21,30H,4-5,8-9,11-12,14H2,(H,28,29)/t21-/m0/s1. The van der Waals surface area contributed by atoms with E-state index in [2.05, 4.69) is 15.3 Å². The van der Waals surface area contributed by atoms with Crippen LogP contribution < -0.4 is 5.32 Å². The minimum atomic E-state index is -2.57. The third kappa shape index (κ3) is 4.90. The zero-order valence-electron chi connectivity index (χ0n) is 17.1. The van der Waals surface area contributed by atoms with Gasteiger partial charge < -0.3 is 15.2 Å². The average molecular weight is 429 g/mol. The maximum absolute atomic E-state index is 12.8. The first kappa shape index (κ1) is 21.4. The van der Waals surface area contributed by atoms with Gasteiger partial charge >= 0.3 is 0 Å². The second-order valence-electron chi connectivity index (χ2n) is 8.05. The number of halogens is 2. The molecule has 1 aliphatic heterocycles. The van der Waals surface area contributed by atoms with Gasteiger partial charge in [-0.05, 0) is 30.0 Å². The molecule has 2 N–H and O–H groups in total. The number of hydrogen-bond donors (Lipinski definition) is 2. The molecule has 6 nitrogen and oxygen atoms in total. The van der Waals surface area contributed by atoms with Crippen LogP contribution in [-0.2, 0) is 22.5 Å². The number of fused-ring (bicyclic) bond motifs is 1. The Morgan fingerprint density at radius 2 is 1.97 bits per heavy atom. The van der Waals surface area contributed by atoms with E-state index in [4.69, 9.17) is 4.74 Å². The number of nitrogens with one attached hydrogen (secondary N) is 1. The van der Waals surface area contributed by atoms with Crippen LogP contribution in [0.15, 0.2) is 47.6 Å². The molecule has 1 amide bonds. The molecule has 1 saturated carbocycles. The van der Waals surface area contributed by atoms with Crippen LogP contribution in [0.2, 0.25) is 0 Å². The van der Waals surface area contributed by atoms with Crippen molar-refractivity contribution in [3.8, 4) is 0 Å². The minimum absolute atomic E-state index is 0.0416. The van der Waals surface area contributed by atoms with Gasteiger partial charge in [-0.15, -0.1) is 0 Å². The highest BCUT2D eigenvalue weighted by Crippen LogP contribution is 2.39. The number of alkyl halides is 2. The molecule has 1 atom stereocenters. The lowest BCUT2D eigenvalue weighted by atomic mass is 9.87. The molecule has 0 spiro atoms. The topological polar surface area (TPSA) is 83.8 Å². The summed E-state index contributed by atoms with van der Waals surface area (Å²) in [7, 11) is 0. The summed E-state index contributed by atoms with van der Waals surface area (Å²) in [5.74, 6) is -0.0823. The Kier molecular flexibility index (Phi) is 6.27. The zero-order valence-corrected chi connectivity index (χ0v) is 17.1. The molecule has 1 aromatic heterocycles. The first-order valence-corrected chi connectivity index (χ1v) is 10.4. The maximum atomic E-state index is 12.8. The highest BCUT2D eigenvalue weighted by molar-refractivity contribution is 5.97. The molecular formula is C23H25F2N3O3. The SMILES string of the molecule is O=C(Cc1cc2c(cn1)C(OCC(F)F)=NC2)N[C@@H](c1ccccc1)C1(O)CCCC1. The summed E-state index contributed by atoms with van der Waals surface area (Å²) < 4.78 is 29.8. The van der Waals surface area contributed by atoms with Crippen LogP contribution in [0.1, 0.15) is 54.1 Å². The van der Waals surface area contributed by atoms with Gasteiger partial charge in [0.15, 0.2) is 6.61 Å². The fourth-order valence-corrected chi connectivity index (χ4v) is 4.30. The van der Waals surface area contributed by atoms with Gasteiger partial charge in [-0.25, -0.2) is 13.8 Å². The summed E-state index contributed by atoms with van der Waals surface area (Å²) in [6.07, 6.45) is 2.12. The second kappa shape index (κ2) is 9.09. The molecule has 0 radical (unpaired) electrons. The Morgan fingerprint density at radius 1 is 1.23 bits per heavy atom. The number of ether oxygens (including phenoxy) is 1. The third-order valence-electron chi connectivity index (χ3n) is 5.80. The van der Waals surface area contributed by atoms with Gasteiger partial charge in [-0.1, -0.05) is 43.2 Å². The first-order chi connectivity index (χ1) is 14.9. The monoisotopic (exact) mass is 429 g/mol. The molecule has 1 fully saturated rings. The molecule has 8 heteroatoms. The van der Waals surface area contributed by atoms with Gasteiger partial charge in [-0.2, -0.15) is 0 Å². The van der Waals surface area contributed by atoms with E-state index in [0.717, 1.165) is 24.0 Å². The van der Waals surface area contributed by atoms with Crippen LogP contribution in [0.3, 0.4) is 0 Å². The highest BCUT2D eigenvalue weighted by Gasteiger charge is 2.41. The molecule has 0 bridgehead atoms. The molecule has 2 heterocycles. The van der Waals surface area contributed by atoms with Crippen molar-refractivity contribution in [3.63, 3.8) is 0 Å². The van der Waals surface area contributed by atoms with Crippen molar-refractivity contribution in [3.05, 3.63) is 65.0 Å². The van der Waals surface area contributed by atoms with E-state index in [1.807, 2.05) is 30.3 Å². The molecular weight excluding hydrogens is 404 g/mol. The van der Waals surface area contributed by atoms with Crippen molar-refractivity contribution in [1.82, 2.24) is 10.3 Å². The fraction of sp³-hybridized carbons (Fsp3) is 0.435. The Hall–Kier alpha value is -2.87. The number of aliphatic hydroxyl groups is 1. The first-order valence-electron chi connectivity index (χ1n) is 10.4. The number of aliphatic imine (C=N–C) groups is 1. The number of pyridine rings is 1. The number of carbonyl (C=O) groups excluding carboxylic acids is 1. The van der Waals surface area contributed by atoms with Crippen molar-refractivity contribution in [2.75, 3.05) is 6.61 Å². The number of carbonyl (C=O) groups is 1. The minimum Gasteiger partial charge on any atom is -0.471 e. The molecule has 4 rings (SSSR count). The lowest BCUT2D eigenvalue weighted by Gasteiger charge is -2.33. The smallest absolute Gasteiger partial charge is 0.272 e. The van der Waals surface area contributed by atoms with Crippen LogP contribution in [-0.4, -0.2) is 40.5 Å². The van der Waals surface area contributed by atoms with E-state index in [0.29, 0.717) is 30.6 Å². The predicted octanol–water partition coefficient (Wildman–Crippen LogP) is 3.33. The normalized spacial score (nSPS) is 17.9. The molecule has 0 saturated heterocycles. The molecule has 2 aromatic rings. The Bertz CT molecular complexity index is 960. The van der Waals surface area contributed by atoms with E-state index in [-0.39, 0.29) is 18.2 Å². The van der Waals surface area contributed by atoms with Gasteiger partial charge in [0.2, 0.25) is 11.8 Å². The summed E-state index contributed by atoms with van der Waals surface area (Å²) in [5, 5.41) is 14.2. The van der Waals surface area contributed by atoms with Crippen LogP contribution in [0.25, 0.3) is 0 Å². The van der Waals surface area contributed by atoms with E-state index in [1.54, 1.807) is 6.07 Å². The van der Waals surface area contributed by atoms with Crippen molar-refractivity contribution < 1.29 is 23.4 Å². The van der Waals surface area contributed by atoms with Crippen molar-refractivity contribution in [1.29, 1.82) is 0 Å². The maximum Gasteiger partial charge on any atom is 0.272 e. The third-order valence-corrected chi connectivity index (χ3v) is 5.80. The number of hydrogen-bond acceptors (Lipinski definition) is 5. The Balaban J connectivity index is 1.44. The molecule has 164 valence electrons. The fourth-order valence-electron chi connectivity index (χ4n) is 4.30. The molecule has 1 aromatic carbocycles. The van der Waals surface area contributed by atoms with Gasteiger partial charge in [0.05, 0.1) is 35.9 Å². The Morgan fingerprint density at radius 3 is 2.68 bits per heavy atom. The number of nitrogens with zero attached hydrogens (tertiary/aromatic N) is 2. The van der Waals surface area contributed by atoms with Crippen molar-refractivity contribution in [2.45, 2.75) is 56.7 Å². The molecule has 1 aliphatic carbocycles.